The first-order chi connectivity index (χ1) is 9.25. The molecule has 0 amide bonds. The fourth-order valence-corrected chi connectivity index (χ4v) is 2.03. The number of nitrogens with zero attached hydrogens (tertiary/aromatic N) is 3. The summed E-state index contributed by atoms with van der Waals surface area (Å²) in [6.45, 7) is 0. The highest BCUT2D eigenvalue weighted by atomic mass is 35.5. The first-order valence-electron chi connectivity index (χ1n) is 5.61. The Labute approximate surface area is 114 Å². The lowest BCUT2D eigenvalue weighted by Gasteiger charge is -2.04. The van der Waals surface area contributed by atoms with Crippen LogP contribution in [0.25, 0.3) is 22.4 Å². The number of hydrogen-bond donors (Lipinski definition) is 2. The van der Waals surface area contributed by atoms with Crippen molar-refractivity contribution in [2.75, 3.05) is 5.73 Å². The average molecular weight is 272 g/mol. The predicted molar refractivity (Wildman–Crippen MR) is 74.5 cm³/mol. The zero-order valence-electron chi connectivity index (χ0n) is 9.84. The lowest BCUT2D eigenvalue weighted by Crippen LogP contribution is -1.89. The number of halogens is 1. The molecule has 6 heteroatoms. The monoisotopic (exact) mass is 271 g/mol. The van der Waals surface area contributed by atoms with E-state index in [0.29, 0.717) is 10.8 Å². The number of nitrogens with two attached hydrogens (primary N) is 1. The van der Waals surface area contributed by atoms with Crippen molar-refractivity contribution >= 4 is 17.4 Å². The summed E-state index contributed by atoms with van der Waals surface area (Å²) in [4.78, 5) is 8.00. The Balaban J connectivity index is 2.17. The summed E-state index contributed by atoms with van der Waals surface area (Å²) >= 11 is 5.89. The maximum atomic E-state index is 5.93. The van der Waals surface area contributed by atoms with E-state index in [1.165, 1.54) is 6.33 Å². The first-order valence-corrected chi connectivity index (χ1v) is 5.98. The second-order valence-corrected chi connectivity index (χ2v) is 4.43. The van der Waals surface area contributed by atoms with Gasteiger partial charge in [-0.1, -0.05) is 23.7 Å². The quantitative estimate of drug-likeness (QED) is 0.751. The normalized spacial score (nSPS) is 10.6. The fraction of sp³-hybridized carbons (Fsp3) is 0. The van der Waals surface area contributed by atoms with Crippen molar-refractivity contribution < 1.29 is 0 Å². The molecule has 0 atom stereocenters. The number of aromatic amines is 1. The van der Waals surface area contributed by atoms with Crippen LogP contribution in [0.2, 0.25) is 5.02 Å². The number of H-pyrrole nitrogens is 1. The molecule has 0 aliphatic carbocycles. The molecule has 3 aromatic rings. The summed E-state index contributed by atoms with van der Waals surface area (Å²) in [6.07, 6.45) is 4.89. The van der Waals surface area contributed by atoms with Crippen LogP contribution in [0.3, 0.4) is 0 Å². The van der Waals surface area contributed by atoms with E-state index in [1.807, 2.05) is 24.3 Å². The lowest BCUT2D eigenvalue weighted by atomic mass is 10.0. The maximum absolute atomic E-state index is 5.93. The van der Waals surface area contributed by atoms with Crippen LogP contribution in [0.4, 0.5) is 5.82 Å². The van der Waals surface area contributed by atoms with Crippen molar-refractivity contribution in [3.05, 3.63) is 48.0 Å². The topological polar surface area (TPSA) is 80.5 Å². The molecule has 1 aromatic carbocycles. The predicted octanol–water partition coefficient (Wildman–Crippen LogP) is 2.77. The smallest absolute Gasteiger partial charge is 0.153 e. The molecule has 3 N–H and O–H groups in total. The number of rotatable bonds is 2. The average Bonchev–Trinajstić information content (AvgIpc) is 2.83. The number of hydrogen-bond acceptors (Lipinski definition) is 4. The second-order valence-electron chi connectivity index (χ2n) is 3.99. The van der Waals surface area contributed by atoms with Gasteiger partial charge in [-0.25, -0.2) is 9.97 Å². The molecule has 5 nitrogen and oxygen atoms in total. The Hall–Kier alpha value is -2.40. The first kappa shape index (κ1) is 11.7. The Morgan fingerprint density at radius 1 is 1.00 bits per heavy atom. The number of nitrogen functional groups attached to an aromatic ring is 1. The highest BCUT2D eigenvalue weighted by Crippen LogP contribution is 2.34. The highest BCUT2D eigenvalue weighted by Gasteiger charge is 2.14. The van der Waals surface area contributed by atoms with Crippen LogP contribution in [0, 0.1) is 0 Å². The van der Waals surface area contributed by atoms with Crippen LogP contribution in [-0.4, -0.2) is 20.2 Å². The molecule has 3 rings (SSSR count). The van der Waals surface area contributed by atoms with Gasteiger partial charge in [0.1, 0.15) is 6.33 Å². The van der Waals surface area contributed by atoms with Crippen molar-refractivity contribution in [2.45, 2.75) is 0 Å². The molecule has 2 aromatic heterocycles. The van der Waals surface area contributed by atoms with Gasteiger partial charge in [0.25, 0.3) is 0 Å². The van der Waals surface area contributed by atoms with Crippen LogP contribution in [-0.2, 0) is 0 Å². The molecule has 0 aliphatic heterocycles. The van der Waals surface area contributed by atoms with E-state index in [1.54, 1.807) is 12.4 Å². The molecule has 19 heavy (non-hydrogen) atoms. The molecule has 0 saturated carbocycles. The van der Waals surface area contributed by atoms with Gasteiger partial charge < -0.3 is 5.73 Å². The molecule has 0 aliphatic rings. The van der Waals surface area contributed by atoms with Gasteiger partial charge >= 0.3 is 0 Å². The number of anilines is 1. The Bertz CT molecular complexity index is 691. The van der Waals surface area contributed by atoms with Crippen LogP contribution in [0.15, 0.2) is 43.0 Å². The minimum Gasteiger partial charge on any atom is -0.382 e. The molecule has 0 spiro atoms. The Morgan fingerprint density at radius 2 is 1.68 bits per heavy atom. The second kappa shape index (κ2) is 4.70. The highest BCUT2D eigenvalue weighted by molar-refractivity contribution is 6.30. The maximum Gasteiger partial charge on any atom is 0.153 e. The number of aromatic nitrogens is 4. The molecule has 2 heterocycles. The zero-order chi connectivity index (χ0) is 13.2. The van der Waals surface area contributed by atoms with E-state index in [2.05, 4.69) is 20.2 Å². The van der Waals surface area contributed by atoms with Gasteiger partial charge in [0, 0.05) is 23.0 Å². The van der Waals surface area contributed by atoms with Gasteiger partial charge in [0.15, 0.2) is 5.82 Å². The molecular formula is C13H10ClN5. The zero-order valence-corrected chi connectivity index (χ0v) is 10.6. The van der Waals surface area contributed by atoms with E-state index < -0.39 is 0 Å². The van der Waals surface area contributed by atoms with Crippen LogP contribution in [0.1, 0.15) is 0 Å². The van der Waals surface area contributed by atoms with Gasteiger partial charge in [-0.2, -0.15) is 5.10 Å². The van der Waals surface area contributed by atoms with Gasteiger partial charge in [0.05, 0.1) is 11.3 Å². The molecule has 0 fully saturated rings. The summed E-state index contributed by atoms with van der Waals surface area (Å²) < 4.78 is 0. The Kier molecular flexibility index (Phi) is 2.89. The lowest BCUT2D eigenvalue weighted by molar-refractivity contribution is 1.09. The van der Waals surface area contributed by atoms with Gasteiger partial charge in [-0.05, 0) is 17.7 Å². The third kappa shape index (κ3) is 2.15. The molecule has 0 unspecified atom stereocenters. The summed E-state index contributed by atoms with van der Waals surface area (Å²) in [5.41, 5.74) is 9.32. The van der Waals surface area contributed by atoms with Gasteiger partial charge in [0.2, 0.25) is 0 Å². The van der Waals surface area contributed by atoms with E-state index >= 15 is 0 Å². The van der Waals surface area contributed by atoms with Crippen LogP contribution in [0.5, 0.6) is 0 Å². The van der Waals surface area contributed by atoms with Crippen molar-refractivity contribution in [2.24, 2.45) is 0 Å². The van der Waals surface area contributed by atoms with Gasteiger partial charge in [-0.3, -0.25) is 5.10 Å². The van der Waals surface area contributed by atoms with Crippen LogP contribution < -0.4 is 5.73 Å². The van der Waals surface area contributed by atoms with E-state index in [4.69, 9.17) is 17.3 Å². The molecular weight excluding hydrogens is 262 g/mol. The van der Waals surface area contributed by atoms with Gasteiger partial charge in [-0.15, -0.1) is 0 Å². The van der Waals surface area contributed by atoms with Crippen molar-refractivity contribution in [3.63, 3.8) is 0 Å². The Morgan fingerprint density at radius 3 is 2.37 bits per heavy atom. The summed E-state index contributed by atoms with van der Waals surface area (Å²) in [5.74, 6) is 0.432. The number of nitrogens with one attached hydrogen (secondary N) is 1. The van der Waals surface area contributed by atoms with Crippen molar-refractivity contribution in [3.8, 4) is 22.4 Å². The molecule has 94 valence electrons. The SMILES string of the molecule is Nc1n[nH]c(-c2cncnc2)c1-c1ccc(Cl)cc1. The minimum atomic E-state index is 0.432. The number of benzene rings is 1. The summed E-state index contributed by atoms with van der Waals surface area (Å²) in [7, 11) is 0. The third-order valence-electron chi connectivity index (χ3n) is 2.78. The summed E-state index contributed by atoms with van der Waals surface area (Å²) in [6, 6.07) is 7.43. The van der Waals surface area contributed by atoms with E-state index in [0.717, 1.165) is 22.4 Å². The van der Waals surface area contributed by atoms with Crippen LogP contribution >= 0.6 is 11.6 Å². The minimum absolute atomic E-state index is 0.432. The standard InChI is InChI=1S/C13H10ClN5/c14-10-3-1-8(2-4-10)11-12(18-19-13(11)15)9-5-16-7-17-6-9/h1-7H,(H3,15,18,19). The van der Waals surface area contributed by atoms with E-state index in [9.17, 15) is 0 Å². The largest absolute Gasteiger partial charge is 0.382 e. The molecule has 0 radical (unpaired) electrons. The van der Waals surface area contributed by atoms with Crippen molar-refractivity contribution in [1.82, 2.24) is 20.2 Å². The third-order valence-corrected chi connectivity index (χ3v) is 3.03. The fourth-order valence-electron chi connectivity index (χ4n) is 1.90. The molecule has 0 bridgehead atoms. The van der Waals surface area contributed by atoms with E-state index in [-0.39, 0.29) is 0 Å². The summed E-state index contributed by atoms with van der Waals surface area (Å²) in [5, 5.41) is 7.65. The molecule has 0 saturated heterocycles. The van der Waals surface area contributed by atoms with Crippen molar-refractivity contribution in [1.29, 1.82) is 0 Å².